The van der Waals surface area contributed by atoms with Crippen molar-refractivity contribution in [2.75, 3.05) is 0 Å². The molecule has 0 amide bonds. The fourth-order valence-corrected chi connectivity index (χ4v) is 2.68. The van der Waals surface area contributed by atoms with E-state index in [2.05, 4.69) is 81.0 Å². The maximum atomic E-state index is 4.65. The summed E-state index contributed by atoms with van der Waals surface area (Å²) in [5, 5.41) is 0. The van der Waals surface area contributed by atoms with Crippen LogP contribution < -0.4 is 28.5 Å². The zero-order valence-corrected chi connectivity index (χ0v) is 15.1. The molecule has 0 saturated carbocycles. The first-order chi connectivity index (χ1) is 9.15. The van der Waals surface area contributed by atoms with E-state index in [1.54, 1.807) is 0 Å². The van der Waals surface area contributed by atoms with E-state index < -0.39 is 0 Å². The second-order valence-corrected chi connectivity index (χ2v) is 5.59. The summed E-state index contributed by atoms with van der Waals surface area (Å²) in [5.74, 6) is 0.907. The summed E-state index contributed by atoms with van der Waals surface area (Å²) >= 11 is 3.54. The zero-order chi connectivity index (χ0) is 13.4. The predicted molar refractivity (Wildman–Crippen MR) is 79.8 cm³/mol. The number of fused-ring (bicyclic) bond motifs is 1. The van der Waals surface area contributed by atoms with Gasteiger partial charge in [0.05, 0.1) is 21.1 Å². The number of pyridine rings is 1. The second kappa shape index (κ2) is 6.22. The summed E-state index contributed by atoms with van der Waals surface area (Å²) in [4.78, 5) is 8.04. The van der Waals surface area contributed by atoms with Gasteiger partial charge in [-0.25, -0.2) is 9.55 Å². The zero-order valence-electron chi connectivity index (χ0n) is 11.3. The van der Waals surface area contributed by atoms with Gasteiger partial charge in [0.25, 0.3) is 0 Å². The predicted octanol–water partition coefficient (Wildman–Crippen LogP) is 0.612. The van der Waals surface area contributed by atoms with Gasteiger partial charge in [0.15, 0.2) is 12.4 Å². The van der Waals surface area contributed by atoms with Gasteiger partial charge in [-0.15, -0.1) is 0 Å². The normalized spacial score (nSPS) is 10.6. The molecule has 0 atom stereocenters. The molecule has 0 aliphatic rings. The number of rotatable bonds is 2. The van der Waals surface area contributed by atoms with Crippen molar-refractivity contribution in [1.82, 2.24) is 9.97 Å². The molecule has 104 valence electrons. The van der Waals surface area contributed by atoms with Gasteiger partial charge < -0.3 is 29.0 Å². The van der Waals surface area contributed by atoms with E-state index in [1.807, 2.05) is 0 Å². The molecule has 3 nitrogen and oxygen atoms in total. The van der Waals surface area contributed by atoms with Crippen LogP contribution in [0.15, 0.2) is 41.1 Å². The average Bonchev–Trinajstić information content (AvgIpc) is 2.80. The first-order valence-electron chi connectivity index (χ1n) is 6.32. The molecule has 2 heterocycles. The van der Waals surface area contributed by atoms with Crippen molar-refractivity contribution in [2.24, 2.45) is 0 Å². The van der Waals surface area contributed by atoms with Crippen molar-refractivity contribution in [1.29, 1.82) is 0 Å². The molecule has 1 aromatic carbocycles. The van der Waals surface area contributed by atoms with E-state index in [-0.39, 0.29) is 24.0 Å². The fraction of sp³-hybridized carbons (Fsp3) is 0.200. The molecule has 0 bridgehead atoms. The lowest BCUT2D eigenvalue weighted by Gasteiger charge is -1.97. The molecular weight excluding hydrogens is 429 g/mol. The monoisotopic (exact) mass is 443 g/mol. The minimum atomic E-state index is 0. The van der Waals surface area contributed by atoms with Crippen LogP contribution in [0.25, 0.3) is 22.4 Å². The van der Waals surface area contributed by atoms with Gasteiger partial charge in [0.1, 0.15) is 12.4 Å². The van der Waals surface area contributed by atoms with Gasteiger partial charge >= 0.3 is 0 Å². The first-order valence-corrected chi connectivity index (χ1v) is 7.11. The van der Waals surface area contributed by atoms with E-state index in [0.717, 1.165) is 33.4 Å². The molecule has 0 aliphatic heterocycles. The fourth-order valence-electron chi connectivity index (χ4n) is 2.17. The number of benzene rings is 1. The van der Waals surface area contributed by atoms with Crippen LogP contribution in [0, 0.1) is 6.92 Å². The van der Waals surface area contributed by atoms with Crippen LogP contribution >= 0.6 is 15.9 Å². The van der Waals surface area contributed by atoms with Gasteiger partial charge in [-0.05, 0) is 53.5 Å². The quantitative estimate of drug-likeness (QED) is 0.457. The lowest BCUT2D eigenvalue weighted by atomic mass is 10.2. The molecule has 0 radical (unpaired) electrons. The lowest BCUT2D eigenvalue weighted by molar-refractivity contribution is -0.693. The third kappa shape index (κ3) is 3.03. The summed E-state index contributed by atoms with van der Waals surface area (Å²) in [5.41, 5.74) is 4.41. The minimum absolute atomic E-state index is 0. The Balaban J connectivity index is 0.00000147. The summed E-state index contributed by atoms with van der Waals surface area (Å²) < 4.78 is 3.20. The van der Waals surface area contributed by atoms with Crippen molar-refractivity contribution < 1.29 is 28.5 Å². The Morgan fingerprint density at radius 2 is 2.05 bits per heavy atom. The number of nitrogens with one attached hydrogen (secondary N) is 1. The Morgan fingerprint density at radius 1 is 1.25 bits per heavy atom. The van der Waals surface area contributed by atoms with Gasteiger partial charge in [-0.3, -0.25) is 0 Å². The molecule has 0 unspecified atom stereocenters. The van der Waals surface area contributed by atoms with Crippen LogP contribution in [0.4, 0.5) is 0 Å². The Hall–Kier alpha value is -0.950. The van der Waals surface area contributed by atoms with E-state index in [1.165, 1.54) is 5.56 Å². The highest BCUT2D eigenvalue weighted by Crippen LogP contribution is 2.22. The molecular formula is C15H15BrIN3. The molecule has 2 aromatic heterocycles. The van der Waals surface area contributed by atoms with Crippen molar-refractivity contribution in [3.8, 4) is 11.4 Å². The van der Waals surface area contributed by atoms with E-state index in [0.29, 0.717) is 0 Å². The molecule has 0 fully saturated rings. The van der Waals surface area contributed by atoms with Gasteiger partial charge in [0, 0.05) is 0 Å². The number of imidazole rings is 1. The highest BCUT2D eigenvalue weighted by Gasteiger charge is 2.10. The Labute approximate surface area is 143 Å². The molecule has 3 rings (SSSR count). The number of H-pyrrole nitrogens is 1. The van der Waals surface area contributed by atoms with Crippen molar-refractivity contribution in [3.05, 3.63) is 46.7 Å². The molecule has 3 aromatic rings. The van der Waals surface area contributed by atoms with Crippen molar-refractivity contribution >= 4 is 27.0 Å². The number of nitrogens with zero attached hydrogens (tertiary/aromatic N) is 2. The maximum Gasteiger partial charge on any atom is 0.183 e. The van der Waals surface area contributed by atoms with Crippen molar-refractivity contribution in [3.63, 3.8) is 0 Å². The van der Waals surface area contributed by atoms with Crippen LogP contribution in [-0.4, -0.2) is 9.97 Å². The van der Waals surface area contributed by atoms with E-state index in [4.69, 9.17) is 0 Å². The molecule has 0 aliphatic carbocycles. The van der Waals surface area contributed by atoms with Gasteiger partial charge in [-0.1, -0.05) is 6.07 Å². The maximum absolute atomic E-state index is 4.65. The third-order valence-corrected chi connectivity index (χ3v) is 3.60. The van der Waals surface area contributed by atoms with E-state index >= 15 is 0 Å². The topological polar surface area (TPSA) is 32.6 Å². The lowest BCUT2D eigenvalue weighted by Crippen LogP contribution is -3.00. The second-order valence-electron chi connectivity index (χ2n) is 4.68. The van der Waals surface area contributed by atoms with Gasteiger partial charge in [-0.2, -0.15) is 0 Å². The number of hydrogen-bond donors (Lipinski definition) is 1. The van der Waals surface area contributed by atoms with Crippen LogP contribution in [0.3, 0.4) is 0 Å². The standard InChI is InChI=1S/C15H15BrN3.HI/c1-3-19-8-11(7-12(16)9-19)15-17-13-5-4-10(2)6-14(13)18-15;/h4-9H,3H2,1-2H3,(H,17,18);1H/q+1;/p-1. The number of halogens is 2. The van der Waals surface area contributed by atoms with E-state index in [9.17, 15) is 0 Å². The highest BCUT2D eigenvalue weighted by atomic mass is 127. The number of aromatic nitrogens is 3. The Kier molecular flexibility index (Phi) is 4.80. The van der Waals surface area contributed by atoms with Crippen LogP contribution in [-0.2, 0) is 6.54 Å². The van der Waals surface area contributed by atoms with Crippen LogP contribution in [0.2, 0.25) is 0 Å². The number of aryl methyl sites for hydroxylation is 2. The van der Waals surface area contributed by atoms with Gasteiger partial charge in [0.2, 0.25) is 0 Å². The van der Waals surface area contributed by atoms with Crippen LogP contribution in [0.1, 0.15) is 12.5 Å². The molecule has 20 heavy (non-hydrogen) atoms. The Bertz CT molecular complexity index is 752. The summed E-state index contributed by atoms with van der Waals surface area (Å²) in [6.07, 6.45) is 4.17. The minimum Gasteiger partial charge on any atom is -1.00 e. The molecule has 0 spiro atoms. The SMILES string of the molecule is CC[n+]1cc(Br)cc(-c2nc3ccc(C)cc3[nH]2)c1.[I-]. The molecule has 0 saturated heterocycles. The molecule has 1 N–H and O–H groups in total. The smallest absolute Gasteiger partial charge is 0.183 e. The summed E-state index contributed by atoms with van der Waals surface area (Å²) in [6, 6.07) is 8.34. The Morgan fingerprint density at radius 3 is 2.80 bits per heavy atom. The summed E-state index contributed by atoms with van der Waals surface area (Å²) in [7, 11) is 0. The van der Waals surface area contributed by atoms with Crippen molar-refractivity contribution in [2.45, 2.75) is 20.4 Å². The summed E-state index contributed by atoms with van der Waals surface area (Å²) in [6.45, 7) is 5.15. The third-order valence-electron chi connectivity index (χ3n) is 3.16. The first kappa shape index (κ1) is 15.4. The molecule has 5 heteroatoms. The largest absolute Gasteiger partial charge is 1.00 e. The number of hydrogen-bond acceptors (Lipinski definition) is 1. The highest BCUT2D eigenvalue weighted by molar-refractivity contribution is 9.10. The average molecular weight is 444 g/mol. The van der Waals surface area contributed by atoms with Crippen LogP contribution in [0.5, 0.6) is 0 Å². The number of aromatic amines is 1.